The summed E-state index contributed by atoms with van der Waals surface area (Å²) in [6, 6.07) is 5.84. The third-order valence-electron chi connectivity index (χ3n) is 4.25. The van der Waals surface area contributed by atoms with Gasteiger partial charge in [0.1, 0.15) is 5.82 Å². The summed E-state index contributed by atoms with van der Waals surface area (Å²) in [6.07, 6.45) is 3.90. The van der Waals surface area contributed by atoms with Gasteiger partial charge in [0.05, 0.1) is 0 Å². The van der Waals surface area contributed by atoms with Crippen molar-refractivity contribution in [1.29, 1.82) is 0 Å². The Kier molecular flexibility index (Phi) is 4.92. The molecule has 110 valence electrons. The van der Waals surface area contributed by atoms with Gasteiger partial charge in [-0.05, 0) is 68.6 Å². The molecule has 0 radical (unpaired) electrons. The van der Waals surface area contributed by atoms with Crippen molar-refractivity contribution in [3.8, 4) is 0 Å². The Hall–Kier alpha value is -1.22. The zero-order chi connectivity index (χ0) is 14.6. The molecule has 0 aromatic heterocycles. The van der Waals surface area contributed by atoms with Crippen LogP contribution in [0.4, 0.5) is 4.39 Å². The summed E-state index contributed by atoms with van der Waals surface area (Å²) in [6.45, 7) is 7.91. The maximum absolute atomic E-state index is 12.8. The van der Waals surface area contributed by atoms with Crippen molar-refractivity contribution in [1.82, 2.24) is 4.90 Å². The second-order valence-corrected chi connectivity index (χ2v) is 6.54. The first-order valence-electron chi connectivity index (χ1n) is 7.47. The molecule has 1 aromatic rings. The molecule has 1 saturated heterocycles. The van der Waals surface area contributed by atoms with Crippen molar-refractivity contribution < 1.29 is 9.18 Å². The second kappa shape index (κ2) is 6.49. The molecule has 1 aliphatic heterocycles. The molecule has 1 heterocycles. The number of benzene rings is 1. The zero-order valence-electron chi connectivity index (χ0n) is 12.5. The van der Waals surface area contributed by atoms with E-state index < -0.39 is 0 Å². The van der Waals surface area contributed by atoms with Gasteiger partial charge >= 0.3 is 0 Å². The molecule has 2 rings (SSSR count). The number of hydrogen-bond donors (Lipinski definition) is 0. The number of Topliss-reactive ketones (excluding diaryl/α,β-unsaturated/α-hetero) is 1. The van der Waals surface area contributed by atoms with Gasteiger partial charge in [0.15, 0.2) is 5.78 Å². The largest absolute Gasteiger partial charge is 0.303 e. The summed E-state index contributed by atoms with van der Waals surface area (Å²) in [4.78, 5) is 14.4. The lowest BCUT2D eigenvalue weighted by Crippen LogP contribution is -2.37. The van der Waals surface area contributed by atoms with E-state index in [1.54, 1.807) is 12.1 Å². The Labute approximate surface area is 121 Å². The van der Waals surface area contributed by atoms with Crippen molar-refractivity contribution >= 4 is 5.78 Å². The van der Waals surface area contributed by atoms with Gasteiger partial charge in [-0.1, -0.05) is 13.8 Å². The Morgan fingerprint density at radius 1 is 1.20 bits per heavy atom. The maximum Gasteiger partial charge on any atom is 0.162 e. The van der Waals surface area contributed by atoms with Crippen LogP contribution >= 0.6 is 0 Å². The molecule has 0 saturated carbocycles. The van der Waals surface area contributed by atoms with E-state index in [-0.39, 0.29) is 11.6 Å². The Bertz CT molecular complexity index is 443. The van der Waals surface area contributed by atoms with Crippen LogP contribution in [0.1, 0.15) is 49.9 Å². The highest BCUT2D eigenvalue weighted by Crippen LogP contribution is 2.29. The number of rotatable bonds is 5. The number of nitrogens with zero attached hydrogens (tertiary/aromatic N) is 1. The number of carbonyl (C=O) groups is 1. The van der Waals surface area contributed by atoms with E-state index in [1.165, 1.54) is 25.0 Å². The Morgan fingerprint density at radius 3 is 2.40 bits per heavy atom. The summed E-state index contributed by atoms with van der Waals surface area (Å²) in [5, 5.41) is 0. The fourth-order valence-corrected chi connectivity index (χ4v) is 2.63. The number of halogens is 1. The van der Waals surface area contributed by atoms with Gasteiger partial charge in [-0.25, -0.2) is 4.39 Å². The summed E-state index contributed by atoms with van der Waals surface area (Å²) in [5.41, 5.74) is 1.09. The zero-order valence-corrected chi connectivity index (χ0v) is 12.5. The molecule has 0 aliphatic carbocycles. The summed E-state index contributed by atoms with van der Waals surface area (Å²) >= 11 is 0. The first-order chi connectivity index (χ1) is 9.46. The van der Waals surface area contributed by atoms with Gasteiger partial charge in [0, 0.05) is 12.0 Å². The Balaban J connectivity index is 1.71. The first kappa shape index (κ1) is 15.2. The molecule has 0 amide bonds. The van der Waals surface area contributed by atoms with Crippen molar-refractivity contribution in [2.45, 2.75) is 39.5 Å². The molecule has 2 nitrogen and oxygen atoms in total. The molecule has 0 bridgehead atoms. The smallest absolute Gasteiger partial charge is 0.162 e. The highest BCUT2D eigenvalue weighted by Gasteiger charge is 2.24. The van der Waals surface area contributed by atoms with E-state index >= 15 is 0 Å². The number of piperidine rings is 1. The van der Waals surface area contributed by atoms with Gasteiger partial charge in [-0.3, -0.25) is 4.79 Å². The van der Waals surface area contributed by atoms with Crippen LogP contribution in [0.15, 0.2) is 24.3 Å². The standard InChI is InChI=1S/C17H24FNO/c1-17(2)9-12-19(13-10-17)11-3-4-16(20)14-5-7-15(18)8-6-14/h5-8H,3-4,9-13H2,1-2H3. The molecule has 1 fully saturated rings. The average Bonchev–Trinajstić information content (AvgIpc) is 2.41. The summed E-state index contributed by atoms with van der Waals surface area (Å²) < 4.78 is 12.8. The quantitative estimate of drug-likeness (QED) is 0.761. The number of ketones is 1. The van der Waals surface area contributed by atoms with Crippen LogP contribution in [0.25, 0.3) is 0 Å². The highest BCUT2D eigenvalue weighted by molar-refractivity contribution is 5.95. The number of likely N-dealkylation sites (tertiary alicyclic amines) is 1. The molecule has 1 aromatic carbocycles. The van der Waals surface area contributed by atoms with Crippen molar-refractivity contribution in [3.63, 3.8) is 0 Å². The summed E-state index contributed by atoms with van der Waals surface area (Å²) in [5.74, 6) is -0.181. The summed E-state index contributed by atoms with van der Waals surface area (Å²) in [7, 11) is 0. The van der Waals surface area contributed by atoms with Crippen molar-refractivity contribution in [2.75, 3.05) is 19.6 Å². The van der Waals surface area contributed by atoms with Gasteiger partial charge in [0.2, 0.25) is 0 Å². The predicted octanol–water partition coefficient (Wildman–Crippen LogP) is 3.91. The van der Waals surface area contributed by atoms with Gasteiger partial charge in [0.25, 0.3) is 0 Å². The molecule has 0 atom stereocenters. The van der Waals surface area contributed by atoms with Gasteiger partial charge < -0.3 is 4.90 Å². The lowest BCUT2D eigenvalue weighted by atomic mass is 9.82. The number of hydrogen-bond acceptors (Lipinski definition) is 2. The van der Waals surface area contributed by atoms with Crippen molar-refractivity contribution in [3.05, 3.63) is 35.6 Å². The van der Waals surface area contributed by atoms with E-state index in [2.05, 4.69) is 18.7 Å². The van der Waals surface area contributed by atoms with Gasteiger partial charge in [-0.15, -0.1) is 0 Å². The monoisotopic (exact) mass is 277 g/mol. The van der Waals surface area contributed by atoms with Crippen LogP contribution in [0.5, 0.6) is 0 Å². The molecule has 0 spiro atoms. The molecular weight excluding hydrogens is 253 g/mol. The molecule has 20 heavy (non-hydrogen) atoms. The van der Waals surface area contributed by atoms with E-state index in [0.29, 0.717) is 17.4 Å². The van der Waals surface area contributed by atoms with E-state index in [4.69, 9.17) is 0 Å². The van der Waals surface area contributed by atoms with Crippen molar-refractivity contribution in [2.24, 2.45) is 5.41 Å². The molecule has 3 heteroatoms. The topological polar surface area (TPSA) is 20.3 Å². The SMILES string of the molecule is CC1(C)CCN(CCCC(=O)c2ccc(F)cc2)CC1. The second-order valence-electron chi connectivity index (χ2n) is 6.54. The Morgan fingerprint density at radius 2 is 1.80 bits per heavy atom. The van der Waals surface area contributed by atoms with E-state index in [9.17, 15) is 9.18 Å². The van der Waals surface area contributed by atoms with Crippen LogP contribution in [0, 0.1) is 11.2 Å². The van der Waals surface area contributed by atoms with Crippen LogP contribution in [-0.4, -0.2) is 30.3 Å². The third-order valence-corrected chi connectivity index (χ3v) is 4.25. The van der Waals surface area contributed by atoms with E-state index in [1.807, 2.05) is 0 Å². The lowest BCUT2D eigenvalue weighted by Gasteiger charge is -2.36. The fraction of sp³-hybridized carbons (Fsp3) is 0.588. The molecule has 0 N–H and O–H groups in total. The van der Waals surface area contributed by atoms with Crippen LogP contribution in [0.3, 0.4) is 0 Å². The van der Waals surface area contributed by atoms with Crippen LogP contribution in [-0.2, 0) is 0 Å². The fourth-order valence-electron chi connectivity index (χ4n) is 2.63. The maximum atomic E-state index is 12.8. The van der Waals surface area contributed by atoms with E-state index in [0.717, 1.165) is 26.1 Å². The van der Waals surface area contributed by atoms with Crippen LogP contribution in [0.2, 0.25) is 0 Å². The van der Waals surface area contributed by atoms with Gasteiger partial charge in [-0.2, -0.15) is 0 Å². The molecular formula is C17H24FNO. The normalized spacial score (nSPS) is 18.9. The highest BCUT2D eigenvalue weighted by atomic mass is 19.1. The molecule has 1 aliphatic rings. The first-order valence-corrected chi connectivity index (χ1v) is 7.47. The molecule has 0 unspecified atom stereocenters. The minimum Gasteiger partial charge on any atom is -0.303 e. The third kappa shape index (κ3) is 4.41. The lowest BCUT2D eigenvalue weighted by molar-refractivity contribution is 0.0959. The minimum absolute atomic E-state index is 0.113. The number of carbonyl (C=O) groups excluding carboxylic acids is 1. The predicted molar refractivity (Wildman–Crippen MR) is 79.4 cm³/mol. The van der Waals surface area contributed by atoms with Crippen LogP contribution < -0.4 is 0 Å². The minimum atomic E-state index is -0.294. The average molecular weight is 277 g/mol.